The van der Waals surface area contributed by atoms with E-state index in [1.807, 2.05) is 30.3 Å². The first-order valence-corrected chi connectivity index (χ1v) is 26.4. The summed E-state index contributed by atoms with van der Waals surface area (Å²) in [5.74, 6) is 2.24. The molecule has 376 valence electrons. The Hall–Kier alpha value is -6.08. The van der Waals surface area contributed by atoms with Gasteiger partial charge >= 0.3 is 0 Å². The Labute approximate surface area is 422 Å². The number of aliphatic hydroxyl groups is 2. The number of hydrogen-bond donors (Lipinski definition) is 7. The lowest BCUT2D eigenvalue weighted by Crippen LogP contribution is -2.47. The maximum Gasteiger partial charge on any atom is 0.161 e. The number of rotatable bonds is 10. The molecule has 5 aromatic carbocycles. The number of nitrogens with two attached hydrogens (primary N) is 1. The van der Waals surface area contributed by atoms with Crippen LogP contribution in [0.4, 0.5) is 0 Å². The van der Waals surface area contributed by atoms with Crippen molar-refractivity contribution >= 4 is 16.6 Å². The largest absolute Gasteiger partial charge is 0.508 e. The summed E-state index contributed by atoms with van der Waals surface area (Å²) in [4.78, 5) is 0. The van der Waals surface area contributed by atoms with Crippen molar-refractivity contribution in [1.29, 1.82) is 0 Å². The van der Waals surface area contributed by atoms with Crippen LogP contribution in [0.2, 0.25) is 0 Å². The number of fused-ring (bicyclic) bond motifs is 10. The van der Waals surface area contributed by atoms with Crippen LogP contribution in [0.1, 0.15) is 114 Å². The summed E-state index contributed by atoms with van der Waals surface area (Å²) in [6.45, 7) is 1.35. The van der Waals surface area contributed by atoms with Gasteiger partial charge in [0.25, 0.3) is 0 Å². The van der Waals surface area contributed by atoms with Gasteiger partial charge in [0.1, 0.15) is 23.9 Å². The minimum Gasteiger partial charge on any atom is -0.508 e. The number of aryl methyl sites for hydroxylation is 3. The molecule has 0 spiro atoms. The second kappa shape index (κ2) is 20.8. The number of phenolic OH excluding ortho intramolecular Hbond substituents is 3. The molecule has 2 fully saturated rings. The fourth-order valence-electron chi connectivity index (χ4n) is 12.9. The standard InChI is InChI=1S/C61H69N3O8/c62-59-22-19-51-56-21-16-41(10-3-1-2-7-38-13-20-54(68)43(25-38)26-39-8-6-11-49(66)27-39)57(72-56)32-50(67)18-15-42-31-58(55(69)30-45(42)35-65)71-36-46-29-48(28-44-33-64(34-52(44)46)60(51)63-59)61-23-24-70-37-47(61)17-14-40-9-4-5-12-53(40)61/h4-6,8-9,11-13,19-20,22,25,27-31,33-34,41,47,50,56-57,59,63,65-69H,1-3,7,10,14-18,21,23-24,26,32,35-37,62H2/t41-,47+,50+,56+,57+,59?,61+/m0/s1. The summed E-state index contributed by atoms with van der Waals surface area (Å²) in [6.07, 6.45) is 18.7. The highest BCUT2D eigenvalue weighted by atomic mass is 16.5. The van der Waals surface area contributed by atoms with Crippen molar-refractivity contribution in [2.24, 2.45) is 17.6 Å². The smallest absolute Gasteiger partial charge is 0.161 e. The van der Waals surface area contributed by atoms with Crippen molar-refractivity contribution in [2.75, 3.05) is 13.2 Å². The van der Waals surface area contributed by atoms with Crippen molar-refractivity contribution in [2.45, 2.75) is 133 Å². The third-order valence-electron chi connectivity index (χ3n) is 16.7. The lowest BCUT2D eigenvalue weighted by Gasteiger charge is -2.49. The third-order valence-corrected chi connectivity index (χ3v) is 16.7. The average Bonchev–Trinajstić information content (AvgIpc) is 3.83. The SMILES string of the molecule is NC1C=CC2=C(N1)n1cc3cc([C@@]45CCOC[C@H]4CCc4ccccc45)cc(c3c1)COc1cc(c(CO)cc1O)CC[C@@H](O)C[C@H]1O[C@@H]2CC[C@@H]1CCCCCc1ccc(O)c(Cc2cccc(O)c2)c1. The van der Waals surface area contributed by atoms with E-state index in [2.05, 4.69) is 70.8 Å². The molecule has 0 radical (unpaired) electrons. The molecule has 7 atom stereocenters. The normalized spacial score (nSPS) is 25.2. The van der Waals surface area contributed by atoms with Gasteiger partial charge in [0.05, 0.1) is 37.7 Å². The van der Waals surface area contributed by atoms with Crippen LogP contribution < -0.4 is 15.8 Å². The third kappa shape index (κ3) is 9.77. The van der Waals surface area contributed by atoms with Gasteiger partial charge in [-0.25, -0.2) is 0 Å². The number of nitrogens with zero attached hydrogens (tertiary/aromatic N) is 1. The molecule has 4 aliphatic heterocycles. The zero-order chi connectivity index (χ0) is 49.3. The van der Waals surface area contributed by atoms with Gasteiger partial charge in [0, 0.05) is 47.2 Å². The highest BCUT2D eigenvalue weighted by Crippen LogP contribution is 2.52. The van der Waals surface area contributed by atoms with Gasteiger partial charge in [-0.1, -0.05) is 73.5 Å². The van der Waals surface area contributed by atoms with Crippen molar-refractivity contribution in [3.8, 4) is 23.0 Å². The van der Waals surface area contributed by atoms with Crippen LogP contribution in [0.5, 0.6) is 23.0 Å². The van der Waals surface area contributed by atoms with Crippen molar-refractivity contribution in [3.05, 3.63) is 171 Å². The molecule has 1 aliphatic carbocycles. The summed E-state index contributed by atoms with van der Waals surface area (Å²) in [5.41, 5.74) is 16.9. The molecule has 1 unspecified atom stereocenters. The number of phenols is 3. The summed E-state index contributed by atoms with van der Waals surface area (Å²) in [7, 11) is 0. The minimum atomic E-state index is -0.661. The lowest BCUT2D eigenvalue weighted by molar-refractivity contribution is -0.0874. The molecule has 11 heteroatoms. The van der Waals surface area contributed by atoms with Gasteiger partial charge in [-0.15, -0.1) is 0 Å². The molecule has 5 aliphatic rings. The fraction of sp³-hybridized carbons (Fsp3) is 0.410. The maximum atomic E-state index is 11.8. The molecule has 6 bridgehead atoms. The van der Waals surface area contributed by atoms with E-state index in [0.717, 1.165) is 109 Å². The van der Waals surface area contributed by atoms with E-state index < -0.39 is 12.3 Å². The van der Waals surface area contributed by atoms with E-state index >= 15 is 0 Å². The predicted octanol–water partition coefficient (Wildman–Crippen LogP) is 9.97. The molecule has 11 nitrogen and oxygen atoms in total. The van der Waals surface area contributed by atoms with E-state index in [-0.39, 0.29) is 54.0 Å². The molecule has 5 heterocycles. The lowest BCUT2D eigenvalue weighted by atomic mass is 9.57. The molecule has 2 saturated heterocycles. The first-order chi connectivity index (χ1) is 35.1. The zero-order valence-electron chi connectivity index (χ0n) is 41.1. The Balaban J connectivity index is 0.901. The molecule has 0 saturated carbocycles. The second-order valence-electron chi connectivity index (χ2n) is 21.2. The fourth-order valence-corrected chi connectivity index (χ4v) is 12.9. The van der Waals surface area contributed by atoms with E-state index in [1.54, 1.807) is 24.3 Å². The molecule has 72 heavy (non-hydrogen) atoms. The van der Waals surface area contributed by atoms with Crippen LogP contribution in [0.25, 0.3) is 16.6 Å². The van der Waals surface area contributed by atoms with Crippen molar-refractivity contribution in [1.82, 2.24) is 9.88 Å². The van der Waals surface area contributed by atoms with Crippen LogP contribution in [0.3, 0.4) is 0 Å². The molecule has 1 aromatic heterocycles. The first kappa shape index (κ1) is 48.2. The quantitative estimate of drug-likeness (QED) is 0.0656. The number of ether oxygens (including phenoxy) is 3. The second-order valence-corrected chi connectivity index (χ2v) is 21.2. The highest BCUT2D eigenvalue weighted by Gasteiger charge is 2.48. The maximum absolute atomic E-state index is 11.8. The van der Waals surface area contributed by atoms with Gasteiger partial charge in [-0.2, -0.15) is 0 Å². The van der Waals surface area contributed by atoms with Crippen LogP contribution in [0, 0.1) is 11.8 Å². The van der Waals surface area contributed by atoms with Crippen molar-refractivity contribution in [3.63, 3.8) is 0 Å². The van der Waals surface area contributed by atoms with Crippen LogP contribution in [0.15, 0.2) is 121 Å². The number of aliphatic hydroxyl groups excluding tert-OH is 2. The van der Waals surface area contributed by atoms with Gasteiger partial charge in [-0.05, 0) is 175 Å². The summed E-state index contributed by atoms with van der Waals surface area (Å²) < 4.78 is 22.2. The monoisotopic (exact) mass is 972 g/mol. The van der Waals surface area contributed by atoms with E-state index in [1.165, 1.54) is 22.3 Å². The number of aromatic nitrogens is 1. The van der Waals surface area contributed by atoms with Crippen molar-refractivity contribution < 1.29 is 39.7 Å². The Morgan fingerprint density at radius 2 is 1.68 bits per heavy atom. The van der Waals surface area contributed by atoms with Gasteiger partial charge in [0.2, 0.25) is 0 Å². The van der Waals surface area contributed by atoms with E-state index in [4.69, 9.17) is 19.9 Å². The molecular weight excluding hydrogens is 903 g/mol. The number of nitrogens with one attached hydrogen (secondary N) is 1. The summed E-state index contributed by atoms with van der Waals surface area (Å²) in [5, 5.41) is 60.0. The van der Waals surface area contributed by atoms with Crippen LogP contribution in [-0.2, 0) is 53.8 Å². The number of aromatic hydroxyl groups is 3. The molecule has 0 amide bonds. The molecule has 8 N–H and O–H groups in total. The van der Waals surface area contributed by atoms with Crippen LogP contribution in [-0.4, -0.2) is 67.8 Å². The van der Waals surface area contributed by atoms with Crippen LogP contribution >= 0.6 is 0 Å². The molecule has 6 aromatic rings. The summed E-state index contributed by atoms with van der Waals surface area (Å²) in [6, 6.07) is 30.1. The Morgan fingerprint density at radius 1 is 0.792 bits per heavy atom. The van der Waals surface area contributed by atoms with E-state index in [9.17, 15) is 25.5 Å². The number of hydrogen-bond acceptors (Lipinski definition) is 10. The number of unbranched alkanes of at least 4 members (excludes halogenated alkanes) is 2. The Kier molecular flexibility index (Phi) is 13.9. The number of dihydropyridines is 1. The molecule has 11 rings (SSSR count). The highest BCUT2D eigenvalue weighted by molar-refractivity contribution is 5.88. The number of benzene rings is 5. The van der Waals surface area contributed by atoms with E-state index in [0.29, 0.717) is 56.1 Å². The average molecular weight is 972 g/mol. The zero-order valence-corrected chi connectivity index (χ0v) is 41.1. The molecular formula is C61H69N3O8. The topological polar surface area (TPSA) is 172 Å². The predicted molar refractivity (Wildman–Crippen MR) is 280 cm³/mol. The minimum absolute atomic E-state index is 0.0312. The van der Waals surface area contributed by atoms with Gasteiger partial charge in [-0.3, -0.25) is 0 Å². The summed E-state index contributed by atoms with van der Waals surface area (Å²) >= 11 is 0. The van der Waals surface area contributed by atoms with Gasteiger partial charge in [0.15, 0.2) is 11.5 Å². The Bertz CT molecular complexity index is 3000. The van der Waals surface area contributed by atoms with Gasteiger partial charge < -0.3 is 55.4 Å². The first-order valence-electron chi connectivity index (χ1n) is 26.4. The Morgan fingerprint density at radius 3 is 2.57 bits per heavy atom.